The molecule has 1 aromatic carbocycles. The van der Waals surface area contributed by atoms with Crippen molar-refractivity contribution in [2.45, 2.75) is 39.2 Å². The fraction of sp³-hybridized carbons (Fsp3) is 0.389. The highest BCUT2D eigenvalue weighted by Gasteiger charge is 2.25. The number of aryl methyl sites for hydroxylation is 2. The summed E-state index contributed by atoms with van der Waals surface area (Å²) in [6.07, 6.45) is 2.28. The van der Waals surface area contributed by atoms with E-state index in [0.717, 1.165) is 35.3 Å². The van der Waals surface area contributed by atoms with Gasteiger partial charge in [0.25, 0.3) is 5.56 Å². The summed E-state index contributed by atoms with van der Waals surface area (Å²) >= 11 is 0. The SMILES string of the molecule is Cc1ccc(NC(=O)NCCn2nc(C3CC3)ccc2=O)c(C)c1. The zero-order valence-electron chi connectivity index (χ0n) is 14.0. The number of aromatic nitrogens is 2. The van der Waals surface area contributed by atoms with Crippen molar-refractivity contribution < 1.29 is 4.79 Å². The van der Waals surface area contributed by atoms with Crippen LogP contribution in [0.1, 0.15) is 35.6 Å². The molecule has 2 aromatic rings. The summed E-state index contributed by atoms with van der Waals surface area (Å²) < 4.78 is 1.42. The van der Waals surface area contributed by atoms with Gasteiger partial charge in [-0.05, 0) is 44.4 Å². The van der Waals surface area contributed by atoms with E-state index in [-0.39, 0.29) is 11.6 Å². The largest absolute Gasteiger partial charge is 0.336 e. The van der Waals surface area contributed by atoms with E-state index in [1.54, 1.807) is 12.1 Å². The topological polar surface area (TPSA) is 76.0 Å². The second kappa shape index (κ2) is 6.86. The van der Waals surface area contributed by atoms with Crippen LogP contribution in [0.4, 0.5) is 10.5 Å². The molecule has 6 heteroatoms. The summed E-state index contributed by atoms with van der Waals surface area (Å²) in [6, 6.07) is 8.92. The number of carbonyl (C=O) groups excluding carboxylic acids is 1. The number of benzene rings is 1. The van der Waals surface area contributed by atoms with Crippen LogP contribution in [0, 0.1) is 13.8 Å². The molecule has 0 aliphatic heterocycles. The lowest BCUT2D eigenvalue weighted by atomic mass is 10.1. The van der Waals surface area contributed by atoms with E-state index in [1.165, 1.54) is 4.68 Å². The van der Waals surface area contributed by atoms with Gasteiger partial charge < -0.3 is 10.6 Å². The zero-order chi connectivity index (χ0) is 17.1. The van der Waals surface area contributed by atoms with E-state index in [2.05, 4.69) is 15.7 Å². The number of carbonyl (C=O) groups is 1. The lowest BCUT2D eigenvalue weighted by Gasteiger charge is -2.11. The van der Waals surface area contributed by atoms with Crippen LogP contribution in [0.3, 0.4) is 0 Å². The minimum Gasteiger partial charge on any atom is -0.336 e. The van der Waals surface area contributed by atoms with E-state index in [9.17, 15) is 9.59 Å². The van der Waals surface area contributed by atoms with Crippen molar-refractivity contribution in [3.05, 3.63) is 57.5 Å². The Balaban J connectivity index is 1.53. The van der Waals surface area contributed by atoms with Gasteiger partial charge in [0.15, 0.2) is 0 Å². The standard InChI is InChI=1S/C18H22N4O2/c1-12-3-6-15(13(2)11-12)20-18(24)19-9-10-22-17(23)8-7-16(21-22)14-4-5-14/h3,6-8,11,14H,4-5,9-10H2,1-2H3,(H2,19,20,24). The Morgan fingerprint density at radius 2 is 2.04 bits per heavy atom. The van der Waals surface area contributed by atoms with Crippen molar-refractivity contribution in [2.75, 3.05) is 11.9 Å². The number of nitrogens with one attached hydrogen (secondary N) is 2. The molecule has 6 nitrogen and oxygen atoms in total. The van der Waals surface area contributed by atoms with Crippen LogP contribution in [0.2, 0.25) is 0 Å². The molecule has 0 radical (unpaired) electrons. The Kier molecular flexibility index (Phi) is 4.64. The van der Waals surface area contributed by atoms with Crippen LogP contribution in [0.5, 0.6) is 0 Å². The maximum absolute atomic E-state index is 12.0. The quantitative estimate of drug-likeness (QED) is 0.886. The van der Waals surface area contributed by atoms with Gasteiger partial charge in [-0.3, -0.25) is 4.79 Å². The Hall–Kier alpha value is -2.63. The van der Waals surface area contributed by atoms with Gasteiger partial charge in [0, 0.05) is 24.2 Å². The van der Waals surface area contributed by atoms with Crippen LogP contribution >= 0.6 is 0 Å². The molecule has 2 amide bonds. The number of amides is 2. The first-order chi connectivity index (χ1) is 11.5. The highest BCUT2D eigenvalue weighted by Crippen LogP contribution is 2.38. The minimum atomic E-state index is -0.284. The number of rotatable bonds is 5. The van der Waals surface area contributed by atoms with E-state index in [1.807, 2.05) is 32.0 Å². The number of anilines is 1. The van der Waals surface area contributed by atoms with Gasteiger partial charge in [0.1, 0.15) is 0 Å². The molecule has 126 valence electrons. The van der Waals surface area contributed by atoms with Gasteiger partial charge in [-0.2, -0.15) is 5.10 Å². The van der Waals surface area contributed by atoms with Crippen molar-refractivity contribution >= 4 is 11.7 Å². The highest BCUT2D eigenvalue weighted by molar-refractivity contribution is 5.90. The molecule has 2 N–H and O–H groups in total. The molecule has 1 fully saturated rings. The zero-order valence-corrected chi connectivity index (χ0v) is 14.0. The number of urea groups is 1. The molecule has 0 bridgehead atoms. The molecular weight excluding hydrogens is 304 g/mol. The third-order valence-electron chi connectivity index (χ3n) is 4.12. The fourth-order valence-corrected chi connectivity index (χ4v) is 2.62. The second-order valence-electron chi connectivity index (χ2n) is 6.29. The van der Waals surface area contributed by atoms with Gasteiger partial charge in [0.05, 0.1) is 12.2 Å². The summed E-state index contributed by atoms with van der Waals surface area (Å²) in [7, 11) is 0. The minimum absolute atomic E-state index is 0.143. The number of nitrogens with zero attached hydrogens (tertiary/aromatic N) is 2. The normalized spacial score (nSPS) is 13.6. The van der Waals surface area contributed by atoms with Gasteiger partial charge in [-0.25, -0.2) is 9.48 Å². The van der Waals surface area contributed by atoms with E-state index >= 15 is 0 Å². The van der Waals surface area contributed by atoms with Crippen molar-refractivity contribution in [1.82, 2.24) is 15.1 Å². The molecule has 0 saturated heterocycles. The molecule has 1 saturated carbocycles. The average molecular weight is 326 g/mol. The van der Waals surface area contributed by atoms with Crippen LogP contribution in [0.15, 0.2) is 35.1 Å². The van der Waals surface area contributed by atoms with E-state index in [0.29, 0.717) is 19.0 Å². The summed E-state index contributed by atoms with van der Waals surface area (Å²) in [5.41, 5.74) is 3.77. The fourth-order valence-electron chi connectivity index (χ4n) is 2.62. The molecule has 1 aliphatic carbocycles. The maximum atomic E-state index is 12.0. The van der Waals surface area contributed by atoms with Crippen LogP contribution in [-0.4, -0.2) is 22.4 Å². The Morgan fingerprint density at radius 1 is 1.25 bits per heavy atom. The van der Waals surface area contributed by atoms with E-state index in [4.69, 9.17) is 0 Å². The summed E-state index contributed by atoms with van der Waals surface area (Å²) in [6.45, 7) is 4.67. The maximum Gasteiger partial charge on any atom is 0.319 e. The summed E-state index contributed by atoms with van der Waals surface area (Å²) in [5, 5.41) is 9.95. The first-order valence-electron chi connectivity index (χ1n) is 8.23. The van der Waals surface area contributed by atoms with Crippen molar-refractivity contribution in [2.24, 2.45) is 0 Å². The van der Waals surface area contributed by atoms with Crippen LogP contribution in [-0.2, 0) is 6.54 Å². The molecule has 24 heavy (non-hydrogen) atoms. The molecular formula is C18H22N4O2. The molecule has 1 heterocycles. The molecule has 1 aromatic heterocycles. The Morgan fingerprint density at radius 3 is 2.75 bits per heavy atom. The summed E-state index contributed by atoms with van der Waals surface area (Å²) in [4.78, 5) is 23.8. The molecule has 0 unspecified atom stereocenters. The first-order valence-corrected chi connectivity index (χ1v) is 8.23. The molecule has 0 spiro atoms. The first kappa shape index (κ1) is 16.2. The third-order valence-corrected chi connectivity index (χ3v) is 4.12. The van der Waals surface area contributed by atoms with Crippen molar-refractivity contribution in [3.8, 4) is 0 Å². The predicted octanol–water partition coefficient (Wildman–Crippen LogP) is 2.56. The van der Waals surface area contributed by atoms with Gasteiger partial charge >= 0.3 is 6.03 Å². The Bertz CT molecular complexity index is 809. The number of hydrogen-bond donors (Lipinski definition) is 2. The Labute approximate surface area is 140 Å². The van der Waals surface area contributed by atoms with Crippen molar-refractivity contribution in [1.29, 1.82) is 0 Å². The second-order valence-corrected chi connectivity index (χ2v) is 6.29. The van der Waals surface area contributed by atoms with Crippen molar-refractivity contribution in [3.63, 3.8) is 0 Å². The number of hydrogen-bond acceptors (Lipinski definition) is 3. The smallest absolute Gasteiger partial charge is 0.319 e. The highest BCUT2D eigenvalue weighted by atomic mass is 16.2. The lowest BCUT2D eigenvalue weighted by Crippen LogP contribution is -2.34. The summed E-state index contributed by atoms with van der Waals surface area (Å²) in [5.74, 6) is 0.498. The monoisotopic (exact) mass is 326 g/mol. The van der Waals surface area contributed by atoms with Crippen LogP contribution in [0.25, 0.3) is 0 Å². The van der Waals surface area contributed by atoms with Gasteiger partial charge in [0.2, 0.25) is 0 Å². The molecule has 0 atom stereocenters. The van der Waals surface area contributed by atoms with Gasteiger partial charge in [-0.15, -0.1) is 0 Å². The van der Waals surface area contributed by atoms with E-state index < -0.39 is 0 Å². The predicted molar refractivity (Wildman–Crippen MR) is 93.4 cm³/mol. The van der Waals surface area contributed by atoms with Gasteiger partial charge in [-0.1, -0.05) is 17.7 Å². The lowest BCUT2D eigenvalue weighted by molar-refractivity contribution is 0.251. The molecule has 1 aliphatic rings. The molecule has 3 rings (SSSR count). The van der Waals surface area contributed by atoms with Crippen LogP contribution < -0.4 is 16.2 Å². The third kappa shape index (κ3) is 4.01. The average Bonchev–Trinajstić information content (AvgIpc) is 3.37.